The zero-order valence-electron chi connectivity index (χ0n) is 10.8. The molecule has 0 aliphatic rings. The van der Waals surface area contributed by atoms with E-state index in [0.717, 1.165) is 43.1 Å². The quantitative estimate of drug-likeness (QED) is 0.869. The highest BCUT2D eigenvalue weighted by Crippen LogP contribution is 2.17. The molecule has 0 aliphatic heterocycles. The van der Waals surface area contributed by atoms with Crippen LogP contribution in [0.5, 0.6) is 0 Å². The lowest BCUT2D eigenvalue weighted by molar-refractivity contribution is 0.706. The highest BCUT2D eigenvalue weighted by atomic mass is 32.1. The van der Waals surface area contributed by atoms with E-state index in [1.165, 1.54) is 5.56 Å². The second-order valence-corrected chi connectivity index (χ2v) is 4.79. The predicted molar refractivity (Wildman–Crippen MR) is 74.5 cm³/mol. The third-order valence-electron chi connectivity index (χ3n) is 2.67. The summed E-state index contributed by atoms with van der Waals surface area (Å²) in [5, 5.41) is 5.31. The first-order chi connectivity index (χ1) is 8.85. The van der Waals surface area contributed by atoms with E-state index in [1.807, 2.05) is 17.1 Å². The lowest BCUT2D eigenvalue weighted by Gasteiger charge is -2.09. The predicted octanol–water partition coefficient (Wildman–Crippen LogP) is 2.66. The van der Waals surface area contributed by atoms with E-state index in [-0.39, 0.29) is 0 Å². The molecule has 0 atom stereocenters. The number of nitrogens with one attached hydrogen (secondary N) is 1. The van der Waals surface area contributed by atoms with Crippen molar-refractivity contribution in [3.63, 3.8) is 0 Å². The van der Waals surface area contributed by atoms with Gasteiger partial charge in [0.15, 0.2) is 5.82 Å². The highest BCUT2D eigenvalue weighted by Gasteiger charge is 2.09. The minimum absolute atomic E-state index is 0.736. The van der Waals surface area contributed by atoms with Crippen molar-refractivity contribution in [2.75, 3.05) is 6.54 Å². The summed E-state index contributed by atoms with van der Waals surface area (Å²) in [6, 6.07) is 0. The Morgan fingerprint density at radius 3 is 2.83 bits per heavy atom. The van der Waals surface area contributed by atoms with Gasteiger partial charge in [-0.25, -0.2) is 15.0 Å². The Labute approximate surface area is 112 Å². The van der Waals surface area contributed by atoms with Gasteiger partial charge in [0, 0.05) is 29.4 Å². The van der Waals surface area contributed by atoms with Gasteiger partial charge in [0.1, 0.15) is 5.69 Å². The van der Waals surface area contributed by atoms with Gasteiger partial charge in [-0.1, -0.05) is 20.3 Å². The van der Waals surface area contributed by atoms with Crippen molar-refractivity contribution in [2.24, 2.45) is 0 Å². The van der Waals surface area contributed by atoms with Crippen LogP contribution in [0.15, 0.2) is 17.1 Å². The SMILES string of the molecule is CCCc1nc(-c2cscn2)ncc1CNCC. The number of aryl methyl sites for hydroxylation is 1. The van der Waals surface area contributed by atoms with Gasteiger partial charge in [-0.05, 0) is 13.0 Å². The van der Waals surface area contributed by atoms with Crippen LogP contribution < -0.4 is 5.32 Å². The molecule has 0 saturated heterocycles. The third kappa shape index (κ3) is 3.11. The van der Waals surface area contributed by atoms with E-state index in [1.54, 1.807) is 11.3 Å². The summed E-state index contributed by atoms with van der Waals surface area (Å²) in [6.45, 7) is 6.06. The molecule has 0 amide bonds. The van der Waals surface area contributed by atoms with E-state index in [0.29, 0.717) is 0 Å². The Balaban J connectivity index is 2.27. The maximum Gasteiger partial charge on any atom is 0.179 e. The number of hydrogen-bond acceptors (Lipinski definition) is 5. The molecule has 2 rings (SSSR count). The van der Waals surface area contributed by atoms with Gasteiger partial charge in [-0.3, -0.25) is 0 Å². The molecular formula is C13H18N4S. The molecule has 0 radical (unpaired) electrons. The molecule has 0 bridgehead atoms. The molecule has 0 unspecified atom stereocenters. The van der Waals surface area contributed by atoms with Gasteiger partial charge in [-0.2, -0.15) is 0 Å². The van der Waals surface area contributed by atoms with Crippen LogP contribution >= 0.6 is 11.3 Å². The standard InChI is InChI=1S/C13H18N4S/c1-3-5-11-10(6-14-4-2)7-15-13(17-11)12-8-18-9-16-12/h7-9,14H,3-6H2,1-2H3. The normalized spacial score (nSPS) is 10.8. The molecule has 0 aromatic carbocycles. The van der Waals surface area contributed by atoms with Crippen molar-refractivity contribution in [1.82, 2.24) is 20.3 Å². The Morgan fingerprint density at radius 1 is 1.28 bits per heavy atom. The van der Waals surface area contributed by atoms with Crippen molar-refractivity contribution in [3.05, 3.63) is 28.3 Å². The molecule has 1 N–H and O–H groups in total. The zero-order chi connectivity index (χ0) is 12.8. The van der Waals surface area contributed by atoms with Gasteiger partial charge >= 0.3 is 0 Å². The summed E-state index contributed by atoms with van der Waals surface area (Å²) < 4.78 is 0. The summed E-state index contributed by atoms with van der Waals surface area (Å²) in [4.78, 5) is 13.3. The molecule has 18 heavy (non-hydrogen) atoms. The first-order valence-electron chi connectivity index (χ1n) is 6.29. The molecule has 0 aliphatic carbocycles. The number of nitrogens with zero attached hydrogens (tertiary/aromatic N) is 3. The van der Waals surface area contributed by atoms with E-state index >= 15 is 0 Å². The van der Waals surface area contributed by atoms with Crippen LogP contribution in [0.4, 0.5) is 0 Å². The zero-order valence-corrected chi connectivity index (χ0v) is 11.6. The Hall–Kier alpha value is -1.33. The molecule has 4 nitrogen and oxygen atoms in total. The summed E-state index contributed by atoms with van der Waals surface area (Å²) in [6.07, 6.45) is 4.00. The lowest BCUT2D eigenvalue weighted by atomic mass is 10.1. The van der Waals surface area contributed by atoms with Crippen molar-refractivity contribution in [1.29, 1.82) is 0 Å². The van der Waals surface area contributed by atoms with Crippen LogP contribution in [-0.4, -0.2) is 21.5 Å². The van der Waals surface area contributed by atoms with Gasteiger partial charge in [0.25, 0.3) is 0 Å². The fourth-order valence-electron chi connectivity index (χ4n) is 1.75. The van der Waals surface area contributed by atoms with Crippen LogP contribution in [0, 0.1) is 0 Å². The van der Waals surface area contributed by atoms with E-state index in [4.69, 9.17) is 0 Å². The van der Waals surface area contributed by atoms with E-state index in [9.17, 15) is 0 Å². The highest BCUT2D eigenvalue weighted by molar-refractivity contribution is 7.07. The number of aromatic nitrogens is 3. The summed E-state index contributed by atoms with van der Waals surface area (Å²) >= 11 is 1.57. The average molecular weight is 262 g/mol. The lowest BCUT2D eigenvalue weighted by Crippen LogP contribution is -2.15. The van der Waals surface area contributed by atoms with E-state index in [2.05, 4.69) is 34.1 Å². The van der Waals surface area contributed by atoms with Gasteiger partial charge in [0.05, 0.1) is 5.51 Å². The van der Waals surface area contributed by atoms with Gasteiger partial charge < -0.3 is 5.32 Å². The number of rotatable bonds is 6. The summed E-state index contributed by atoms with van der Waals surface area (Å²) in [5.74, 6) is 0.736. The molecule has 0 fully saturated rings. The summed E-state index contributed by atoms with van der Waals surface area (Å²) in [7, 11) is 0. The molecular weight excluding hydrogens is 244 g/mol. The second kappa shape index (κ2) is 6.56. The first-order valence-corrected chi connectivity index (χ1v) is 7.23. The Bertz CT molecular complexity index is 482. The fourth-order valence-corrected chi connectivity index (χ4v) is 2.28. The topological polar surface area (TPSA) is 50.7 Å². The maximum atomic E-state index is 4.65. The minimum Gasteiger partial charge on any atom is -0.313 e. The van der Waals surface area contributed by atoms with Gasteiger partial charge in [0.2, 0.25) is 0 Å². The smallest absolute Gasteiger partial charge is 0.179 e. The van der Waals surface area contributed by atoms with Crippen LogP contribution in [0.1, 0.15) is 31.5 Å². The van der Waals surface area contributed by atoms with Crippen molar-refractivity contribution in [2.45, 2.75) is 33.2 Å². The van der Waals surface area contributed by atoms with Crippen LogP contribution in [-0.2, 0) is 13.0 Å². The molecule has 96 valence electrons. The van der Waals surface area contributed by atoms with Crippen LogP contribution in [0.2, 0.25) is 0 Å². The molecule has 0 saturated carbocycles. The monoisotopic (exact) mass is 262 g/mol. The summed E-state index contributed by atoms with van der Waals surface area (Å²) in [5.41, 5.74) is 5.01. The average Bonchev–Trinajstić information content (AvgIpc) is 2.91. The minimum atomic E-state index is 0.736. The maximum absolute atomic E-state index is 4.65. The van der Waals surface area contributed by atoms with Gasteiger partial charge in [-0.15, -0.1) is 11.3 Å². The first kappa shape index (κ1) is 13.1. The Kier molecular flexibility index (Phi) is 4.78. The van der Waals surface area contributed by atoms with Crippen molar-refractivity contribution in [3.8, 4) is 11.5 Å². The van der Waals surface area contributed by atoms with Crippen molar-refractivity contribution >= 4 is 11.3 Å². The van der Waals surface area contributed by atoms with Crippen molar-refractivity contribution < 1.29 is 0 Å². The van der Waals surface area contributed by atoms with Crippen LogP contribution in [0.25, 0.3) is 11.5 Å². The second-order valence-electron chi connectivity index (χ2n) is 4.07. The molecule has 0 spiro atoms. The molecule has 5 heteroatoms. The Morgan fingerprint density at radius 2 is 2.17 bits per heavy atom. The molecule has 2 aromatic heterocycles. The van der Waals surface area contributed by atoms with E-state index < -0.39 is 0 Å². The van der Waals surface area contributed by atoms with Crippen LogP contribution in [0.3, 0.4) is 0 Å². The number of hydrogen-bond donors (Lipinski definition) is 1. The fraction of sp³-hybridized carbons (Fsp3) is 0.462. The third-order valence-corrected chi connectivity index (χ3v) is 3.25. The molecule has 2 heterocycles. The molecule has 2 aromatic rings. The largest absolute Gasteiger partial charge is 0.313 e. The number of thiazole rings is 1.